The van der Waals surface area contributed by atoms with E-state index in [4.69, 9.17) is 0 Å². The van der Waals surface area contributed by atoms with Crippen molar-refractivity contribution in [3.05, 3.63) is 0 Å². The molecule has 17 heavy (non-hydrogen) atoms. The van der Waals surface area contributed by atoms with Crippen molar-refractivity contribution in [2.75, 3.05) is 13.1 Å². The second kappa shape index (κ2) is 6.39. The topological polar surface area (TPSA) is 32.3 Å². The van der Waals surface area contributed by atoms with Gasteiger partial charge in [0.25, 0.3) is 0 Å². The Kier molecular flexibility index (Phi) is 4.84. The normalized spacial score (nSPS) is 31.0. The van der Waals surface area contributed by atoms with Crippen LogP contribution in [0.15, 0.2) is 0 Å². The molecule has 1 unspecified atom stereocenters. The number of nitrogens with one attached hydrogen (secondary N) is 1. The van der Waals surface area contributed by atoms with Crippen LogP contribution in [-0.4, -0.2) is 36.0 Å². The van der Waals surface area contributed by atoms with Crippen molar-refractivity contribution in [3.63, 3.8) is 0 Å². The van der Waals surface area contributed by atoms with Crippen molar-refractivity contribution < 1.29 is 4.79 Å². The molecule has 2 aliphatic heterocycles. The molecule has 2 heterocycles. The highest BCUT2D eigenvalue weighted by Gasteiger charge is 2.30. The summed E-state index contributed by atoms with van der Waals surface area (Å²) in [6.45, 7) is 4.21. The fraction of sp³-hybridized carbons (Fsp3) is 0.929. The smallest absolute Gasteiger partial charge is 0.239 e. The van der Waals surface area contributed by atoms with Crippen LogP contribution in [-0.2, 0) is 4.79 Å². The van der Waals surface area contributed by atoms with E-state index in [1.807, 2.05) is 0 Å². The maximum absolute atomic E-state index is 12.5. The minimum atomic E-state index is 0.107. The van der Waals surface area contributed by atoms with Gasteiger partial charge in [-0.05, 0) is 38.6 Å². The molecule has 2 aliphatic rings. The van der Waals surface area contributed by atoms with Crippen LogP contribution in [0.2, 0.25) is 0 Å². The second-order valence-electron chi connectivity index (χ2n) is 5.45. The Labute approximate surface area is 105 Å². The van der Waals surface area contributed by atoms with Crippen molar-refractivity contribution in [3.8, 4) is 0 Å². The summed E-state index contributed by atoms with van der Waals surface area (Å²) in [5.74, 6) is 0.374. The lowest BCUT2D eigenvalue weighted by atomic mass is 10.0. The molecule has 2 rings (SSSR count). The van der Waals surface area contributed by atoms with E-state index in [1.54, 1.807) is 0 Å². The number of amides is 1. The maximum Gasteiger partial charge on any atom is 0.239 e. The summed E-state index contributed by atoms with van der Waals surface area (Å²) in [6, 6.07) is 0.602. The molecule has 0 aromatic heterocycles. The monoisotopic (exact) mass is 238 g/mol. The Morgan fingerprint density at radius 3 is 2.71 bits per heavy atom. The molecule has 2 saturated heterocycles. The number of likely N-dealkylation sites (tertiary alicyclic amines) is 1. The van der Waals surface area contributed by atoms with Crippen molar-refractivity contribution in [1.29, 1.82) is 0 Å². The van der Waals surface area contributed by atoms with Gasteiger partial charge in [-0.25, -0.2) is 0 Å². The summed E-state index contributed by atoms with van der Waals surface area (Å²) in [5.41, 5.74) is 0. The van der Waals surface area contributed by atoms with Gasteiger partial charge >= 0.3 is 0 Å². The summed E-state index contributed by atoms with van der Waals surface area (Å²) in [6.07, 6.45) is 9.54. The number of carbonyl (C=O) groups excluding carboxylic acids is 1. The van der Waals surface area contributed by atoms with Crippen molar-refractivity contribution >= 4 is 5.91 Å². The highest BCUT2D eigenvalue weighted by atomic mass is 16.2. The van der Waals surface area contributed by atoms with Crippen molar-refractivity contribution in [1.82, 2.24) is 10.2 Å². The molecule has 0 spiro atoms. The number of hydrogen-bond donors (Lipinski definition) is 1. The molecule has 0 aliphatic carbocycles. The molecular formula is C14H26N2O. The van der Waals surface area contributed by atoms with Gasteiger partial charge in [-0.2, -0.15) is 0 Å². The molecule has 2 fully saturated rings. The van der Waals surface area contributed by atoms with Crippen LogP contribution < -0.4 is 5.32 Å². The van der Waals surface area contributed by atoms with E-state index in [-0.39, 0.29) is 6.04 Å². The number of nitrogens with zero attached hydrogens (tertiary/aromatic N) is 1. The van der Waals surface area contributed by atoms with Gasteiger partial charge in [0, 0.05) is 12.6 Å². The summed E-state index contributed by atoms with van der Waals surface area (Å²) in [7, 11) is 0. The number of carbonyl (C=O) groups is 1. The lowest BCUT2D eigenvalue weighted by Gasteiger charge is -2.34. The standard InChI is InChI=1S/C14H26N2O/c1-2-12-8-4-3-7-11-16(12)14(17)13-9-5-6-10-15-13/h12-13,15H,2-11H2,1H3/t12?,13-/m0/s1. The summed E-state index contributed by atoms with van der Waals surface area (Å²) >= 11 is 0. The van der Waals surface area contributed by atoms with E-state index < -0.39 is 0 Å². The van der Waals surface area contributed by atoms with E-state index >= 15 is 0 Å². The number of hydrogen-bond acceptors (Lipinski definition) is 2. The zero-order valence-electron chi connectivity index (χ0n) is 11.1. The van der Waals surface area contributed by atoms with Crippen LogP contribution in [0, 0.1) is 0 Å². The molecule has 0 bridgehead atoms. The first-order chi connectivity index (χ1) is 8.33. The third-order valence-corrected chi connectivity index (χ3v) is 4.24. The van der Waals surface area contributed by atoms with Gasteiger partial charge in [0.2, 0.25) is 5.91 Å². The van der Waals surface area contributed by atoms with E-state index in [9.17, 15) is 4.79 Å². The summed E-state index contributed by atoms with van der Waals surface area (Å²) < 4.78 is 0. The predicted octanol–water partition coefficient (Wildman–Crippen LogP) is 2.31. The Morgan fingerprint density at radius 2 is 2.00 bits per heavy atom. The van der Waals surface area contributed by atoms with E-state index in [0.29, 0.717) is 11.9 Å². The third kappa shape index (κ3) is 3.21. The Morgan fingerprint density at radius 1 is 1.18 bits per heavy atom. The largest absolute Gasteiger partial charge is 0.338 e. The predicted molar refractivity (Wildman–Crippen MR) is 69.9 cm³/mol. The molecule has 3 heteroatoms. The first kappa shape index (κ1) is 12.9. The molecule has 2 atom stereocenters. The molecule has 98 valence electrons. The minimum Gasteiger partial charge on any atom is -0.338 e. The fourth-order valence-corrected chi connectivity index (χ4v) is 3.15. The minimum absolute atomic E-state index is 0.107. The van der Waals surface area contributed by atoms with E-state index in [2.05, 4.69) is 17.1 Å². The van der Waals surface area contributed by atoms with Crippen molar-refractivity contribution in [2.45, 2.75) is 70.4 Å². The van der Waals surface area contributed by atoms with Gasteiger partial charge in [-0.1, -0.05) is 26.2 Å². The van der Waals surface area contributed by atoms with Crippen molar-refractivity contribution in [2.24, 2.45) is 0 Å². The molecule has 1 N–H and O–H groups in total. The highest BCUT2D eigenvalue weighted by molar-refractivity contribution is 5.82. The fourth-order valence-electron chi connectivity index (χ4n) is 3.15. The second-order valence-corrected chi connectivity index (χ2v) is 5.45. The average molecular weight is 238 g/mol. The van der Waals surface area contributed by atoms with Crippen LogP contribution in [0.5, 0.6) is 0 Å². The Bertz CT molecular complexity index is 249. The SMILES string of the molecule is CCC1CCCCCN1C(=O)[C@@H]1CCCCN1. The van der Waals surface area contributed by atoms with Gasteiger partial charge in [-0.15, -0.1) is 0 Å². The lowest BCUT2D eigenvalue weighted by molar-refractivity contribution is -0.136. The quantitative estimate of drug-likeness (QED) is 0.800. The highest BCUT2D eigenvalue weighted by Crippen LogP contribution is 2.21. The molecule has 0 aromatic rings. The zero-order chi connectivity index (χ0) is 12.1. The average Bonchev–Trinajstić information content (AvgIpc) is 2.64. The van der Waals surface area contributed by atoms with Gasteiger partial charge in [0.1, 0.15) is 0 Å². The van der Waals surface area contributed by atoms with E-state index in [0.717, 1.165) is 25.9 Å². The Balaban J connectivity index is 1.98. The molecular weight excluding hydrogens is 212 g/mol. The summed E-state index contributed by atoms with van der Waals surface area (Å²) in [5, 5.41) is 3.39. The van der Waals surface area contributed by atoms with Crippen LogP contribution in [0.3, 0.4) is 0 Å². The van der Waals surface area contributed by atoms with E-state index in [1.165, 1.54) is 38.5 Å². The maximum atomic E-state index is 12.5. The molecule has 0 radical (unpaired) electrons. The molecule has 0 saturated carbocycles. The lowest BCUT2D eigenvalue weighted by Crippen LogP contribution is -2.51. The Hall–Kier alpha value is -0.570. The molecule has 1 amide bonds. The first-order valence-electron chi connectivity index (χ1n) is 7.36. The number of piperidine rings is 1. The van der Waals surface area contributed by atoms with Crippen LogP contribution in [0.4, 0.5) is 0 Å². The summed E-state index contributed by atoms with van der Waals surface area (Å²) in [4.78, 5) is 14.7. The zero-order valence-corrected chi connectivity index (χ0v) is 11.1. The van der Waals surface area contributed by atoms with Gasteiger partial charge < -0.3 is 10.2 Å². The van der Waals surface area contributed by atoms with Gasteiger partial charge in [0.15, 0.2) is 0 Å². The third-order valence-electron chi connectivity index (χ3n) is 4.24. The molecule has 3 nitrogen and oxygen atoms in total. The van der Waals surface area contributed by atoms with Gasteiger partial charge in [-0.3, -0.25) is 4.79 Å². The van der Waals surface area contributed by atoms with Crippen LogP contribution in [0.1, 0.15) is 58.3 Å². The van der Waals surface area contributed by atoms with Gasteiger partial charge in [0.05, 0.1) is 6.04 Å². The first-order valence-corrected chi connectivity index (χ1v) is 7.36. The van der Waals surface area contributed by atoms with Crippen LogP contribution in [0.25, 0.3) is 0 Å². The van der Waals surface area contributed by atoms with Crippen LogP contribution >= 0.6 is 0 Å². The molecule has 0 aromatic carbocycles. The number of rotatable bonds is 2.